The molecule has 0 aliphatic carbocycles. The maximum atomic E-state index is 13.1. The Morgan fingerprint density at radius 1 is 1.31 bits per heavy atom. The predicted molar refractivity (Wildman–Crippen MR) is 122 cm³/mol. The third-order valence-corrected chi connectivity index (χ3v) is 6.60. The van der Waals surface area contributed by atoms with Crippen molar-refractivity contribution < 1.29 is 14.3 Å². The Hall–Kier alpha value is -2.75. The molecule has 0 saturated carbocycles. The number of rotatable bonds is 8. The Morgan fingerprint density at radius 3 is 2.94 bits per heavy atom. The van der Waals surface area contributed by atoms with Gasteiger partial charge in [-0.25, -0.2) is 9.48 Å². The lowest BCUT2D eigenvalue weighted by molar-refractivity contribution is -0.125. The van der Waals surface area contributed by atoms with Gasteiger partial charge in [0.1, 0.15) is 0 Å². The van der Waals surface area contributed by atoms with E-state index in [0.717, 1.165) is 5.56 Å². The molecular formula is C22H24ClN5O3S. The maximum Gasteiger partial charge on any atom is 0.360 e. The topological polar surface area (TPSA) is 89.4 Å². The van der Waals surface area contributed by atoms with Gasteiger partial charge in [-0.2, -0.15) is 0 Å². The van der Waals surface area contributed by atoms with Crippen LogP contribution in [0.2, 0.25) is 5.02 Å². The van der Waals surface area contributed by atoms with E-state index in [0.29, 0.717) is 37.5 Å². The van der Waals surface area contributed by atoms with Crippen molar-refractivity contribution in [2.45, 2.75) is 31.5 Å². The number of ether oxygens (including phenoxy) is 1. The van der Waals surface area contributed by atoms with E-state index < -0.39 is 5.97 Å². The van der Waals surface area contributed by atoms with Crippen LogP contribution in [0.4, 0.5) is 0 Å². The number of aromatic nitrogens is 3. The third-order valence-electron chi connectivity index (χ3n) is 5.50. The van der Waals surface area contributed by atoms with Gasteiger partial charge in [0, 0.05) is 29.5 Å². The lowest BCUT2D eigenvalue weighted by Gasteiger charge is -2.22. The average molecular weight is 474 g/mol. The van der Waals surface area contributed by atoms with Gasteiger partial charge in [-0.1, -0.05) is 35.0 Å². The summed E-state index contributed by atoms with van der Waals surface area (Å²) in [5.41, 5.74) is 1.24. The fraction of sp³-hybridized carbons (Fsp3) is 0.364. The molecule has 0 radical (unpaired) electrons. The Balaban J connectivity index is 1.43. The second kappa shape index (κ2) is 10.2. The molecule has 1 fully saturated rings. The van der Waals surface area contributed by atoms with E-state index in [1.54, 1.807) is 22.2 Å². The zero-order chi connectivity index (χ0) is 22.5. The number of hydrogen-bond donors (Lipinski definition) is 1. The summed E-state index contributed by atoms with van der Waals surface area (Å²) in [7, 11) is 1.31. The number of hydrogen-bond acceptors (Lipinski definition) is 7. The third kappa shape index (κ3) is 5.35. The van der Waals surface area contributed by atoms with Crippen LogP contribution in [0, 0.1) is 0 Å². The summed E-state index contributed by atoms with van der Waals surface area (Å²) in [5, 5.41) is 13.8. The molecule has 4 rings (SSSR count). The van der Waals surface area contributed by atoms with E-state index in [9.17, 15) is 9.59 Å². The zero-order valence-electron chi connectivity index (χ0n) is 17.6. The number of esters is 1. The summed E-state index contributed by atoms with van der Waals surface area (Å²) in [5.74, 6) is -0.542. The Bertz CT molecular complexity index is 1070. The molecule has 3 heterocycles. The van der Waals surface area contributed by atoms with Crippen LogP contribution in [0.1, 0.15) is 33.4 Å². The van der Waals surface area contributed by atoms with Crippen LogP contribution in [0.25, 0.3) is 0 Å². The molecule has 0 unspecified atom stereocenters. The molecule has 0 spiro atoms. The van der Waals surface area contributed by atoms with Crippen LogP contribution >= 0.6 is 22.9 Å². The van der Waals surface area contributed by atoms with Crippen molar-refractivity contribution in [1.29, 1.82) is 0 Å². The van der Waals surface area contributed by atoms with Gasteiger partial charge in [-0.3, -0.25) is 9.69 Å². The number of amides is 1. The lowest BCUT2D eigenvalue weighted by atomic mass is 10.1. The van der Waals surface area contributed by atoms with Gasteiger partial charge in [-0.15, -0.1) is 16.4 Å². The number of methoxy groups -OCH3 is 1. The molecule has 1 amide bonds. The first-order valence-electron chi connectivity index (χ1n) is 10.3. The summed E-state index contributed by atoms with van der Waals surface area (Å²) in [6, 6.07) is 11.4. The SMILES string of the molecule is COC(=O)c1cn([C@H]2C[C@@H](C(=O)NCCc3cccc(Cl)c3)N(Cc3cccs3)C2)nn1. The largest absolute Gasteiger partial charge is 0.464 e. The molecule has 8 nitrogen and oxygen atoms in total. The molecule has 2 atom stereocenters. The van der Waals surface area contributed by atoms with Crippen molar-refractivity contribution in [2.75, 3.05) is 20.2 Å². The van der Waals surface area contributed by atoms with Crippen LogP contribution in [0.3, 0.4) is 0 Å². The molecule has 32 heavy (non-hydrogen) atoms. The van der Waals surface area contributed by atoms with Crippen molar-refractivity contribution >= 4 is 34.8 Å². The van der Waals surface area contributed by atoms with Gasteiger partial charge in [0.25, 0.3) is 0 Å². The highest BCUT2D eigenvalue weighted by Gasteiger charge is 2.38. The van der Waals surface area contributed by atoms with Gasteiger partial charge in [0.05, 0.1) is 25.4 Å². The first-order chi connectivity index (χ1) is 15.5. The number of halogens is 1. The minimum Gasteiger partial charge on any atom is -0.464 e. The number of carbonyl (C=O) groups excluding carboxylic acids is 2. The highest BCUT2D eigenvalue weighted by molar-refractivity contribution is 7.09. The van der Waals surface area contributed by atoms with E-state index in [1.807, 2.05) is 35.7 Å². The lowest BCUT2D eigenvalue weighted by Crippen LogP contribution is -2.43. The normalized spacial score (nSPS) is 18.6. The van der Waals surface area contributed by atoms with E-state index in [2.05, 4.69) is 26.6 Å². The molecule has 0 bridgehead atoms. The Kier molecular flexibility index (Phi) is 7.19. The van der Waals surface area contributed by atoms with Gasteiger partial charge in [-0.05, 0) is 42.0 Å². The highest BCUT2D eigenvalue weighted by Crippen LogP contribution is 2.29. The summed E-state index contributed by atoms with van der Waals surface area (Å²) < 4.78 is 6.37. The number of benzene rings is 1. The monoisotopic (exact) mass is 473 g/mol. The second-order valence-electron chi connectivity index (χ2n) is 7.66. The summed E-state index contributed by atoms with van der Waals surface area (Å²) in [6.07, 6.45) is 2.87. The predicted octanol–water partition coefficient (Wildman–Crippen LogP) is 2.95. The molecule has 1 N–H and O–H groups in total. The first kappa shape index (κ1) is 22.4. The number of likely N-dealkylation sites (tertiary alicyclic amines) is 1. The summed E-state index contributed by atoms with van der Waals surface area (Å²) >= 11 is 7.71. The number of nitrogens with one attached hydrogen (secondary N) is 1. The van der Waals surface area contributed by atoms with E-state index >= 15 is 0 Å². The van der Waals surface area contributed by atoms with Gasteiger partial charge in [0.2, 0.25) is 5.91 Å². The highest BCUT2D eigenvalue weighted by atomic mass is 35.5. The van der Waals surface area contributed by atoms with Crippen molar-refractivity contribution in [1.82, 2.24) is 25.2 Å². The van der Waals surface area contributed by atoms with E-state index in [1.165, 1.54) is 12.0 Å². The molecule has 1 aliphatic rings. The zero-order valence-corrected chi connectivity index (χ0v) is 19.2. The minimum atomic E-state index is -0.528. The van der Waals surface area contributed by atoms with Crippen molar-refractivity contribution in [3.8, 4) is 0 Å². The van der Waals surface area contributed by atoms with Crippen LogP contribution < -0.4 is 5.32 Å². The number of thiophene rings is 1. The molecule has 2 aromatic heterocycles. The Morgan fingerprint density at radius 2 is 2.19 bits per heavy atom. The minimum absolute atomic E-state index is 0.0145. The van der Waals surface area contributed by atoms with Crippen molar-refractivity contribution in [3.63, 3.8) is 0 Å². The summed E-state index contributed by atoms with van der Waals surface area (Å²) in [4.78, 5) is 28.2. The van der Waals surface area contributed by atoms with Crippen molar-refractivity contribution in [3.05, 3.63) is 69.1 Å². The molecule has 3 aromatic rings. The van der Waals surface area contributed by atoms with Gasteiger partial charge in [0.15, 0.2) is 5.69 Å². The van der Waals surface area contributed by atoms with Crippen LogP contribution in [0.5, 0.6) is 0 Å². The summed E-state index contributed by atoms with van der Waals surface area (Å²) in [6.45, 7) is 1.84. The van der Waals surface area contributed by atoms with E-state index in [4.69, 9.17) is 16.3 Å². The number of carbonyl (C=O) groups is 2. The molecule has 1 aromatic carbocycles. The second-order valence-corrected chi connectivity index (χ2v) is 9.13. The molecule has 1 saturated heterocycles. The quantitative estimate of drug-likeness (QED) is 0.506. The maximum absolute atomic E-state index is 13.1. The molecule has 168 valence electrons. The number of nitrogens with zero attached hydrogens (tertiary/aromatic N) is 4. The smallest absolute Gasteiger partial charge is 0.360 e. The van der Waals surface area contributed by atoms with Gasteiger partial charge < -0.3 is 10.1 Å². The first-order valence-corrected chi connectivity index (χ1v) is 11.6. The van der Waals surface area contributed by atoms with Gasteiger partial charge >= 0.3 is 5.97 Å². The fourth-order valence-electron chi connectivity index (χ4n) is 3.91. The molecule has 10 heteroatoms. The van der Waals surface area contributed by atoms with Crippen LogP contribution in [-0.4, -0.2) is 58.0 Å². The average Bonchev–Trinajstić information content (AvgIpc) is 3.54. The van der Waals surface area contributed by atoms with Crippen LogP contribution in [0.15, 0.2) is 48.0 Å². The molecule has 1 aliphatic heterocycles. The Labute approximate surface area is 195 Å². The standard InChI is InChI=1S/C22H24ClN5O3S/c1-31-22(30)19-14-28(26-25-19)17-11-20(27(12-17)13-18-6-3-9-32-18)21(29)24-8-7-15-4-2-5-16(23)10-15/h2-6,9-10,14,17,20H,7-8,11-13H2,1H3,(H,24,29)/t17-,20-/m0/s1. The van der Waals surface area contributed by atoms with Crippen molar-refractivity contribution in [2.24, 2.45) is 0 Å². The van der Waals surface area contributed by atoms with E-state index in [-0.39, 0.29) is 23.7 Å². The molecular weight excluding hydrogens is 450 g/mol. The fourth-order valence-corrected chi connectivity index (χ4v) is 4.86. The van der Waals surface area contributed by atoms with Crippen LogP contribution in [-0.2, 0) is 22.5 Å².